The third-order valence-electron chi connectivity index (χ3n) is 2.37. The van der Waals surface area contributed by atoms with E-state index in [0.29, 0.717) is 11.8 Å². The summed E-state index contributed by atoms with van der Waals surface area (Å²) >= 11 is 6.15. The van der Waals surface area contributed by atoms with Crippen molar-refractivity contribution in [1.29, 1.82) is 0 Å². The van der Waals surface area contributed by atoms with Crippen LogP contribution in [-0.4, -0.2) is 22.5 Å². The fraction of sp³-hybridized carbons (Fsp3) is 0.636. The Bertz CT molecular complexity index is 307. The zero-order valence-corrected chi connectivity index (χ0v) is 10.3. The van der Waals surface area contributed by atoms with Crippen LogP contribution in [0.5, 0.6) is 5.88 Å². The molecule has 2 unspecified atom stereocenters. The molecule has 0 saturated carbocycles. The van der Waals surface area contributed by atoms with Crippen LogP contribution in [0.15, 0.2) is 12.3 Å². The molecule has 4 heteroatoms. The van der Waals surface area contributed by atoms with Crippen LogP contribution in [0.3, 0.4) is 0 Å². The Morgan fingerprint density at radius 3 is 2.47 bits per heavy atom. The van der Waals surface area contributed by atoms with Gasteiger partial charge in [-0.1, -0.05) is 13.8 Å². The van der Waals surface area contributed by atoms with Gasteiger partial charge in [0.05, 0.1) is 7.11 Å². The standard InChI is InChI=1S/C11H17ClN2O/c1-7(2)10(8(3)12)11-13-6-5-9(14-11)15-4/h5-8,10H,1-4H3. The molecular weight excluding hydrogens is 212 g/mol. The molecule has 1 heterocycles. The van der Waals surface area contributed by atoms with Crippen molar-refractivity contribution in [3.05, 3.63) is 18.1 Å². The van der Waals surface area contributed by atoms with E-state index in [1.54, 1.807) is 19.4 Å². The topological polar surface area (TPSA) is 35.0 Å². The third-order valence-corrected chi connectivity index (χ3v) is 2.64. The number of nitrogens with zero attached hydrogens (tertiary/aromatic N) is 2. The minimum Gasteiger partial charge on any atom is -0.481 e. The molecule has 0 aliphatic heterocycles. The normalized spacial score (nSPS) is 15.1. The third kappa shape index (κ3) is 3.06. The molecule has 0 aliphatic carbocycles. The maximum Gasteiger partial charge on any atom is 0.216 e. The van der Waals surface area contributed by atoms with Gasteiger partial charge in [-0.25, -0.2) is 4.98 Å². The fourth-order valence-corrected chi connectivity index (χ4v) is 2.07. The summed E-state index contributed by atoms with van der Waals surface area (Å²) in [5.41, 5.74) is 0. The lowest BCUT2D eigenvalue weighted by Crippen LogP contribution is -2.18. The Morgan fingerprint density at radius 1 is 1.33 bits per heavy atom. The number of hydrogen-bond acceptors (Lipinski definition) is 3. The van der Waals surface area contributed by atoms with Gasteiger partial charge in [0, 0.05) is 23.6 Å². The molecule has 0 spiro atoms. The van der Waals surface area contributed by atoms with Crippen molar-refractivity contribution in [3.63, 3.8) is 0 Å². The predicted octanol–water partition coefficient (Wildman–Crippen LogP) is 2.85. The summed E-state index contributed by atoms with van der Waals surface area (Å²) in [5.74, 6) is 1.90. The summed E-state index contributed by atoms with van der Waals surface area (Å²) in [6.07, 6.45) is 1.70. The van der Waals surface area contributed by atoms with Crippen LogP contribution in [0.1, 0.15) is 32.5 Å². The van der Waals surface area contributed by atoms with Gasteiger partial charge in [-0.3, -0.25) is 0 Å². The maximum atomic E-state index is 6.15. The van der Waals surface area contributed by atoms with Crippen LogP contribution >= 0.6 is 11.6 Å². The monoisotopic (exact) mass is 228 g/mol. The van der Waals surface area contributed by atoms with Gasteiger partial charge >= 0.3 is 0 Å². The van der Waals surface area contributed by atoms with Gasteiger partial charge in [0.25, 0.3) is 0 Å². The molecule has 0 aromatic carbocycles. The molecule has 1 rings (SSSR count). The SMILES string of the molecule is COc1ccnc(C(C(C)C)C(C)Cl)n1. The summed E-state index contributed by atoms with van der Waals surface area (Å²) in [7, 11) is 1.60. The minimum atomic E-state index is 0.0112. The molecule has 0 amide bonds. The van der Waals surface area contributed by atoms with Gasteiger partial charge < -0.3 is 4.74 Å². The van der Waals surface area contributed by atoms with E-state index >= 15 is 0 Å². The molecule has 0 N–H and O–H groups in total. The average molecular weight is 229 g/mol. The Hall–Kier alpha value is -0.830. The van der Waals surface area contributed by atoms with Crippen molar-refractivity contribution in [2.45, 2.75) is 32.1 Å². The van der Waals surface area contributed by atoms with E-state index in [-0.39, 0.29) is 11.3 Å². The molecule has 0 saturated heterocycles. The molecule has 3 nitrogen and oxygen atoms in total. The molecule has 15 heavy (non-hydrogen) atoms. The fourth-order valence-electron chi connectivity index (χ4n) is 1.66. The van der Waals surface area contributed by atoms with Crippen molar-refractivity contribution in [2.24, 2.45) is 5.92 Å². The van der Waals surface area contributed by atoms with E-state index in [1.165, 1.54) is 0 Å². The molecule has 1 aromatic heterocycles. The summed E-state index contributed by atoms with van der Waals surface area (Å²) in [4.78, 5) is 8.57. The van der Waals surface area contributed by atoms with Crippen molar-refractivity contribution in [3.8, 4) is 5.88 Å². The van der Waals surface area contributed by atoms with Crippen LogP contribution in [0.25, 0.3) is 0 Å². The van der Waals surface area contributed by atoms with E-state index in [4.69, 9.17) is 16.3 Å². The molecule has 0 aliphatic rings. The van der Waals surface area contributed by atoms with E-state index in [0.717, 1.165) is 5.82 Å². The highest BCUT2D eigenvalue weighted by Gasteiger charge is 2.24. The Balaban J connectivity index is 3.00. The summed E-state index contributed by atoms with van der Waals surface area (Å²) in [6, 6.07) is 1.74. The first kappa shape index (κ1) is 12.2. The van der Waals surface area contributed by atoms with Gasteiger partial charge in [-0.2, -0.15) is 4.98 Å². The van der Waals surface area contributed by atoms with Gasteiger partial charge in [0.15, 0.2) is 0 Å². The van der Waals surface area contributed by atoms with E-state index in [9.17, 15) is 0 Å². The van der Waals surface area contributed by atoms with E-state index in [1.807, 2.05) is 6.92 Å². The van der Waals surface area contributed by atoms with E-state index in [2.05, 4.69) is 23.8 Å². The predicted molar refractivity (Wildman–Crippen MR) is 61.5 cm³/mol. The van der Waals surface area contributed by atoms with Crippen LogP contribution in [0.2, 0.25) is 0 Å². The van der Waals surface area contributed by atoms with Gasteiger partial charge in [-0.15, -0.1) is 11.6 Å². The summed E-state index contributed by atoms with van der Waals surface area (Å²) < 4.78 is 5.07. The molecule has 0 fully saturated rings. The lowest BCUT2D eigenvalue weighted by Gasteiger charge is -2.21. The molecule has 1 aromatic rings. The Labute approximate surface area is 95.8 Å². The largest absolute Gasteiger partial charge is 0.481 e. The summed E-state index contributed by atoms with van der Waals surface area (Å²) in [5, 5.41) is 0.0112. The second-order valence-corrected chi connectivity index (χ2v) is 4.59. The van der Waals surface area contributed by atoms with Crippen LogP contribution < -0.4 is 4.74 Å². The van der Waals surface area contributed by atoms with Gasteiger partial charge in [-0.05, 0) is 12.8 Å². The molecule has 0 bridgehead atoms. The zero-order chi connectivity index (χ0) is 11.4. The smallest absolute Gasteiger partial charge is 0.216 e. The van der Waals surface area contributed by atoms with E-state index < -0.39 is 0 Å². The number of methoxy groups -OCH3 is 1. The highest BCUT2D eigenvalue weighted by molar-refractivity contribution is 6.20. The van der Waals surface area contributed by atoms with Crippen LogP contribution in [0.4, 0.5) is 0 Å². The Morgan fingerprint density at radius 2 is 2.00 bits per heavy atom. The number of halogens is 1. The second-order valence-electron chi connectivity index (χ2n) is 3.90. The summed E-state index contributed by atoms with van der Waals surface area (Å²) in [6.45, 7) is 6.20. The highest BCUT2D eigenvalue weighted by Crippen LogP contribution is 2.29. The lowest BCUT2D eigenvalue weighted by atomic mass is 9.92. The maximum absolute atomic E-state index is 6.15. The average Bonchev–Trinajstić information content (AvgIpc) is 2.17. The van der Waals surface area contributed by atoms with Crippen molar-refractivity contribution in [2.75, 3.05) is 7.11 Å². The minimum absolute atomic E-state index is 0.0112. The van der Waals surface area contributed by atoms with Crippen molar-refractivity contribution >= 4 is 11.6 Å². The van der Waals surface area contributed by atoms with Gasteiger partial charge in [0.1, 0.15) is 5.82 Å². The molecular formula is C11H17ClN2O. The molecule has 0 radical (unpaired) electrons. The first-order valence-electron chi connectivity index (χ1n) is 5.07. The van der Waals surface area contributed by atoms with Crippen molar-refractivity contribution < 1.29 is 4.74 Å². The second kappa shape index (κ2) is 5.31. The first-order chi connectivity index (χ1) is 7.06. The highest BCUT2D eigenvalue weighted by atomic mass is 35.5. The number of ether oxygens (including phenoxy) is 1. The van der Waals surface area contributed by atoms with Crippen molar-refractivity contribution in [1.82, 2.24) is 9.97 Å². The number of aromatic nitrogens is 2. The number of hydrogen-bond donors (Lipinski definition) is 0. The number of rotatable bonds is 4. The molecule has 2 atom stereocenters. The Kier molecular flexibility index (Phi) is 4.33. The van der Waals surface area contributed by atoms with Crippen LogP contribution in [0, 0.1) is 5.92 Å². The quantitative estimate of drug-likeness (QED) is 0.744. The van der Waals surface area contributed by atoms with Gasteiger partial charge in [0.2, 0.25) is 5.88 Å². The lowest BCUT2D eigenvalue weighted by molar-refractivity contribution is 0.386. The van der Waals surface area contributed by atoms with Crippen LogP contribution in [-0.2, 0) is 0 Å². The molecule has 84 valence electrons. The first-order valence-corrected chi connectivity index (χ1v) is 5.51. The zero-order valence-electron chi connectivity index (χ0n) is 9.57. The number of alkyl halides is 1.